The summed E-state index contributed by atoms with van der Waals surface area (Å²) in [5.41, 5.74) is 0.501. The molecule has 0 saturated carbocycles. The largest absolute Gasteiger partial charge is 0.522 e. The molecule has 1 fully saturated rings. The van der Waals surface area contributed by atoms with E-state index >= 15 is 0 Å². The molecule has 1 aliphatic heterocycles. The quantitative estimate of drug-likeness (QED) is 0.774. The summed E-state index contributed by atoms with van der Waals surface area (Å²) in [6.07, 6.45) is -5.76. The normalized spacial score (nSPS) is 21.0. The highest BCUT2D eigenvalue weighted by molar-refractivity contribution is 5.84. The Morgan fingerprint density at radius 1 is 1.32 bits per heavy atom. The van der Waals surface area contributed by atoms with E-state index in [9.17, 15) is 22.4 Å². The summed E-state index contributed by atoms with van der Waals surface area (Å²) in [7, 11) is 0. The van der Waals surface area contributed by atoms with E-state index < -0.39 is 36.3 Å². The lowest BCUT2D eigenvalue weighted by molar-refractivity contribution is -0.343. The van der Waals surface area contributed by atoms with Crippen molar-refractivity contribution in [2.24, 2.45) is 0 Å². The predicted octanol–water partition coefficient (Wildman–Crippen LogP) is 3.20. The Bertz CT molecular complexity index is 825. The zero-order valence-corrected chi connectivity index (χ0v) is 15.0. The Morgan fingerprint density at radius 3 is 2.64 bits per heavy atom. The molecule has 152 valence electrons. The van der Waals surface area contributed by atoms with Crippen molar-refractivity contribution in [3.63, 3.8) is 0 Å². The number of nitrogens with one attached hydrogen (secondary N) is 1. The second kappa shape index (κ2) is 7.74. The van der Waals surface area contributed by atoms with Crippen molar-refractivity contribution in [3.8, 4) is 11.5 Å². The van der Waals surface area contributed by atoms with Crippen LogP contribution in [0.1, 0.15) is 20.3 Å². The molecule has 1 N–H and O–H groups in total. The number of nitrogens with zero attached hydrogens (tertiary/aromatic N) is 3. The summed E-state index contributed by atoms with van der Waals surface area (Å²) in [6, 6.07) is 3.85. The highest BCUT2D eigenvalue weighted by Crippen LogP contribution is 2.29. The van der Waals surface area contributed by atoms with Gasteiger partial charge in [-0.2, -0.15) is 0 Å². The molecule has 1 amide bonds. The first-order chi connectivity index (χ1) is 13.1. The van der Waals surface area contributed by atoms with E-state index in [1.807, 2.05) is 0 Å². The zero-order valence-electron chi connectivity index (χ0n) is 15.0. The maximum Gasteiger partial charge on any atom is 0.522 e. The van der Waals surface area contributed by atoms with Crippen LogP contribution in [0.4, 0.5) is 23.6 Å². The van der Waals surface area contributed by atoms with Crippen LogP contribution in [0.15, 0.2) is 28.7 Å². The van der Waals surface area contributed by atoms with Crippen LogP contribution in [0.2, 0.25) is 0 Å². The number of carbonyl (C=O) groups is 1. The van der Waals surface area contributed by atoms with Crippen LogP contribution in [0.5, 0.6) is 0 Å². The molecule has 7 nitrogen and oxygen atoms in total. The third-order valence-corrected chi connectivity index (χ3v) is 4.48. The first-order valence-electron chi connectivity index (χ1n) is 8.55. The Hall–Kier alpha value is -2.69. The van der Waals surface area contributed by atoms with Crippen molar-refractivity contribution in [2.75, 3.05) is 11.9 Å². The van der Waals surface area contributed by atoms with E-state index in [0.717, 1.165) is 0 Å². The number of halogens is 4. The summed E-state index contributed by atoms with van der Waals surface area (Å²) in [4.78, 5) is 13.9. The lowest BCUT2D eigenvalue weighted by Gasteiger charge is -2.27. The van der Waals surface area contributed by atoms with Gasteiger partial charge in [-0.15, -0.1) is 18.3 Å². The third kappa shape index (κ3) is 4.58. The summed E-state index contributed by atoms with van der Waals surface area (Å²) < 4.78 is 59.7. The van der Waals surface area contributed by atoms with Gasteiger partial charge in [-0.1, -0.05) is 5.10 Å². The molecule has 2 aromatic rings. The molecular formula is C17H18F4N4O3. The standard InChI is InChI=1S/C17H18F4N4O3/c1-9(15(26)25-8-7-13(10(25)2)28-17(19,20)21)22-16-24-23-14(27-16)11-3-5-12(18)6-4-11/h3-6,9-10,13H,7-8H2,1-2H3,(H,22,24)/t9-,10+,13+/m1/s1. The molecule has 1 aromatic heterocycles. The van der Waals surface area contributed by atoms with E-state index in [-0.39, 0.29) is 24.9 Å². The third-order valence-electron chi connectivity index (χ3n) is 4.48. The minimum Gasteiger partial charge on any atom is -0.403 e. The van der Waals surface area contributed by atoms with Gasteiger partial charge in [0.1, 0.15) is 11.9 Å². The van der Waals surface area contributed by atoms with E-state index in [1.54, 1.807) is 0 Å². The Morgan fingerprint density at radius 2 is 2.00 bits per heavy atom. The summed E-state index contributed by atoms with van der Waals surface area (Å²) >= 11 is 0. The fourth-order valence-corrected chi connectivity index (χ4v) is 3.04. The van der Waals surface area contributed by atoms with Crippen LogP contribution >= 0.6 is 0 Å². The number of ether oxygens (including phenoxy) is 1. The molecule has 3 atom stereocenters. The molecule has 0 aliphatic carbocycles. The lowest BCUT2D eigenvalue weighted by atomic mass is 10.2. The average Bonchev–Trinajstić information content (AvgIpc) is 3.21. The Kier molecular flexibility index (Phi) is 5.54. The number of aromatic nitrogens is 2. The van der Waals surface area contributed by atoms with Gasteiger partial charge in [0.15, 0.2) is 0 Å². The van der Waals surface area contributed by atoms with Gasteiger partial charge in [0, 0.05) is 12.1 Å². The molecule has 1 aliphatic rings. The molecule has 28 heavy (non-hydrogen) atoms. The molecule has 3 rings (SSSR count). The molecule has 2 heterocycles. The summed E-state index contributed by atoms with van der Waals surface area (Å²) in [6.45, 7) is 3.19. The van der Waals surface area contributed by atoms with Crippen LogP contribution in [-0.2, 0) is 9.53 Å². The van der Waals surface area contributed by atoms with Gasteiger partial charge in [0.25, 0.3) is 0 Å². The number of hydrogen-bond donors (Lipinski definition) is 1. The molecule has 0 spiro atoms. The predicted molar refractivity (Wildman–Crippen MR) is 89.5 cm³/mol. The van der Waals surface area contributed by atoms with Crippen molar-refractivity contribution in [1.29, 1.82) is 0 Å². The Labute approximate surface area is 157 Å². The topological polar surface area (TPSA) is 80.5 Å². The van der Waals surface area contributed by atoms with Gasteiger partial charge in [-0.25, -0.2) is 4.39 Å². The molecule has 1 saturated heterocycles. The van der Waals surface area contributed by atoms with Gasteiger partial charge >= 0.3 is 12.4 Å². The molecule has 1 aromatic carbocycles. The van der Waals surface area contributed by atoms with Crippen LogP contribution in [-0.4, -0.2) is 52.1 Å². The molecule has 0 unspecified atom stereocenters. The van der Waals surface area contributed by atoms with Crippen molar-refractivity contribution in [3.05, 3.63) is 30.1 Å². The second-order valence-corrected chi connectivity index (χ2v) is 6.45. The van der Waals surface area contributed by atoms with E-state index in [4.69, 9.17) is 4.42 Å². The van der Waals surface area contributed by atoms with Crippen LogP contribution < -0.4 is 5.32 Å². The zero-order chi connectivity index (χ0) is 20.5. The van der Waals surface area contributed by atoms with Crippen LogP contribution in [0.3, 0.4) is 0 Å². The van der Waals surface area contributed by atoms with E-state index in [2.05, 4.69) is 20.3 Å². The van der Waals surface area contributed by atoms with Gasteiger partial charge in [0.05, 0.1) is 12.1 Å². The summed E-state index contributed by atoms with van der Waals surface area (Å²) in [5.74, 6) is -0.689. The highest BCUT2D eigenvalue weighted by atomic mass is 19.4. The van der Waals surface area contributed by atoms with Crippen molar-refractivity contribution < 1.29 is 31.5 Å². The second-order valence-electron chi connectivity index (χ2n) is 6.45. The fraction of sp³-hybridized carbons (Fsp3) is 0.471. The lowest BCUT2D eigenvalue weighted by Crippen LogP contribution is -2.45. The minimum absolute atomic E-state index is 0.0323. The number of carbonyl (C=O) groups excluding carboxylic acids is 1. The van der Waals surface area contributed by atoms with Crippen molar-refractivity contribution >= 4 is 11.9 Å². The first-order valence-corrected chi connectivity index (χ1v) is 8.55. The van der Waals surface area contributed by atoms with Gasteiger partial charge in [-0.3, -0.25) is 9.53 Å². The minimum atomic E-state index is -4.75. The Balaban J connectivity index is 1.61. The number of amides is 1. The number of benzene rings is 1. The van der Waals surface area contributed by atoms with Gasteiger partial charge in [0.2, 0.25) is 11.8 Å². The molecular weight excluding hydrogens is 384 g/mol. The van der Waals surface area contributed by atoms with Crippen molar-refractivity contribution in [1.82, 2.24) is 15.1 Å². The summed E-state index contributed by atoms with van der Waals surface area (Å²) in [5, 5.41) is 10.3. The van der Waals surface area contributed by atoms with Crippen LogP contribution in [0.25, 0.3) is 11.5 Å². The maximum absolute atomic E-state index is 13.0. The number of likely N-dealkylation sites (tertiary alicyclic amines) is 1. The highest BCUT2D eigenvalue weighted by Gasteiger charge is 2.43. The number of alkyl halides is 3. The van der Waals surface area contributed by atoms with Crippen molar-refractivity contribution in [2.45, 2.75) is 44.8 Å². The van der Waals surface area contributed by atoms with Crippen LogP contribution in [0, 0.1) is 5.82 Å². The number of hydrogen-bond acceptors (Lipinski definition) is 6. The monoisotopic (exact) mass is 402 g/mol. The fourth-order valence-electron chi connectivity index (χ4n) is 3.04. The SMILES string of the molecule is C[C@@H](Nc1nnc(-c2ccc(F)cc2)o1)C(=O)N1CC[C@H](OC(F)(F)F)[C@@H]1C. The van der Waals surface area contributed by atoms with E-state index in [1.165, 1.54) is 43.0 Å². The number of rotatable bonds is 5. The molecule has 11 heteroatoms. The van der Waals surface area contributed by atoms with Gasteiger partial charge < -0.3 is 14.6 Å². The average molecular weight is 402 g/mol. The smallest absolute Gasteiger partial charge is 0.403 e. The van der Waals surface area contributed by atoms with E-state index in [0.29, 0.717) is 5.56 Å². The number of anilines is 1. The maximum atomic E-state index is 13.0. The first kappa shape index (κ1) is 20.1. The molecule has 0 radical (unpaired) electrons. The molecule has 0 bridgehead atoms. The van der Waals surface area contributed by atoms with Gasteiger partial charge in [-0.05, 0) is 44.5 Å².